The van der Waals surface area contributed by atoms with Crippen molar-refractivity contribution < 1.29 is 13.9 Å². The van der Waals surface area contributed by atoms with E-state index in [9.17, 15) is 9.18 Å². The predicted octanol–water partition coefficient (Wildman–Crippen LogP) is 7.68. The summed E-state index contributed by atoms with van der Waals surface area (Å²) in [5.41, 5.74) is 0.314. The molecule has 4 unspecified atom stereocenters. The van der Waals surface area contributed by atoms with Gasteiger partial charge in [0.2, 0.25) is 5.91 Å². The molecule has 0 aliphatic heterocycles. The molecule has 5 rings (SSSR count). The Morgan fingerprint density at radius 1 is 1.19 bits per heavy atom. The molecule has 3 aromatic rings. The number of fused-ring (bicyclic) bond motifs is 2. The molecule has 2 aliphatic carbocycles. The first-order chi connectivity index (χ1) is 17.8. The molecule has 1 heterocycles. The van der Waals surface area contributed by atoms with Gasteiger partial charge < -0.3 is 10.1 Å². The highest BCUT2D eigenvalue weighted by Gasteiger charge is 2.43. The zero-order valence-electron chi connectivity index (χ0n) is 20.1. The summed E-state index contributed by atoms with van der Waals surface area (Å²) in [5.74, 6) is 2.08. The van der Waals surface area contributed by atoms with Crippen LogP contribution >= 0.6 is 46.6 Å². The first-order valence-corrected chi connectivity index (χ1v) is 14.3. The molecule has 1 aromatic heterocycles. The van der Waals surface area contributed by atoms with E-state index in [-0.39, 0.29) is 40.1 Å². The van der Waals surface area contributed by atoms with Gasteiger partial charge in [0.05, 0.1) is 21.5 Å². The average molecular weight is 584 g/mol. The molecule has 1 amide bonds. The molecule has 0 spiro atoms. The third-order valence-corrected chi connectivity index (χ3v) is 9.11. The predicted molar refractivity (Wildman–Crippen MR) is 145 cm³/mol. The topological polar surface area (TPSA) is 69.0 Å². The molecule has 2 bridgehead atoms. The fraction of sp³-hybridized carbons (Fsp3) is 0.423. The van der Waals surface area contributed by atoms with Crippen molar-refractivity contribution in [3.8, 4) is 5.75 Å². The molecule has 2 fully saturated rings. The van der Waals surface area contributed by atoms with E-state index in [4.69, 9.17) is 39.5 Å². The molecular formula is C26H26Cl3FN4O2S. The molecule has 11 heteroatoms. The number of benzene rings is 2. The standard InChI is InChI=1S/C26H26Cl3FN4O2S/c1-14(18-9-15-6-7-16(18)8-15)34-23(12-36-22-5-3-2-4-21(22)30)32-33-26(34)37-13-24(35)31-25-19(28)10-17(27)11-20(25)29/h2-5,10-11,14-16,18H,6-9,12-13H2,1H3,(H,31,35). The number of hydrogen-bond acceptors (Lipinski definition) is 5. The van der Waals surface area contributed by atoms with E-state index in [0.29, 0.717) is 33.5 Å². The maximum absolute atomic E-state index is 14.1. The van der Waals surface area contributed by atoms with Gasteiger partial charge >= 0.3 is 0 Å². The van der Waals surface area contributed by atoms with Crippen LogP contribution in [0.1, 0.15) is 44.5 Å². The van der Waals surface area contributed by atoms with Gasteiger partial charge in [-0.05, 0) is 68.2 Å². The van der Waals surface area contributed by atoms with Crippen LogP contribution in [0.2, 0.25) is 15.1 Å². The average Bonchev–Trinajstić information content (AvgIpc) is 3.60. The number of aromatic nitrogens is 3. The van der Waals surface area contributed by atoms with Gasteiger partial charge in [-0.3, -0.25) is 9.36 Å². The molecule has 2 aromatic carbocycles. The van der Waals surface area contributed by atoms with Gasteiger partial charge in [0.25, 0.3) is 0 Å². The molecule has 0 radical (unpaired) electrons. The van der Waals surface area contributed by atoms with E-state index in [1.165, 1.54) is 55.6 Å². The Morgan fingerprint density at radius 3 is 2.62 bits per heavy atom. The second-order valence-corrected chi connectivity index (χ2v) is 11.8. The molecule has 2 saturated carbocycles. The third-order valence-electron chi connectivity index (χ3n) is 7.35. The summed E-state index contributed by atoms with van der Waals surface area (Å²) in [6.07, 6.45) is 4.99. The highest BCUT2D eigenvalue weighted by Crippen LogP contribution is 2.52. The van der Waals surface area contributed by atoms with Crippen molar-refractivity contribution in [3.63, 3.8) is 0 Å². The number of para-hydroxylation sites is 1. The van der Waals surface area contributed by atoms with Gasteiger partial charge in [0, 0.05) is 11.1 Å². The van der Waals surface area contributed by atoms with Crippen LogP contribution in [0, 0.1) is 23.6 Å². The number of anilines is 1. The number of hydrogen-bond donors (Lipinski definition) is 1. The van der Waals surface area contributed by atoms with E-state index in [0.717, 1.165) is 5.92 Å². The zero-order chi connectivity index (χ0) is 26.1. The number of carbonyl (C=O) groups is 1. The normalized spacial score (nSPS) is 21.3. The van der Waals surface area contributed by atoms with E-state index < -0.39 is 5.82 Å². The van der Waals surface area contributed by atoms with Crippen molar-refractivity contribution in [2.45, 2.75) is 50.4 Å². The minimum atomic E-state index is -0.430. The fourth-order valence-corrected chi connectivity index (χ4v) is 7.41. The van der Waals surface area contributed by atoms with E-state index in [1.54, 1.807) is 18.2 Å². The fourth-order valence-electron chi connectivity index (χ4n) is 5.66. The van der Waals surface area contributed by atoms with Crippen LogP contribution in [0.25, 0.3) is 0 Å². The lowest BCUT2D eigenvalue weighted by Gasteiger charge is -2.30. The quantitative estimate of drug-likeness (QED) is 0.262. The first kappa shape index (κ1) is 26.6. The maximum atomic E-state index is 14.1. The van der Waals surface area contributed by atoms with Gasteiger partial charge in [-0.1, -0.05) is 65.1 Å². The minimum absolute atomic E-state index is 0.0713. The number of rotatable bonds is 9. The third kappa shape index (κ3) is 5.87. The molecule has 196 valence electrons. The smallest absolute Gasteiger partial charge is 0.234 e. The Bertz CT molecular complexity index is 1280. The van der Waals surface area contributed by atoms with Crippen molar-refractivity contribution in [1.82, 2.24) is 14.8 Å². The van der Waals surface area contributed by atoms with Gasteiger partial charge in [-0.2, -0.15) is 0 Å². The van der Waals surface area contributed by atoms with Crippen LogP contribution in [-0.4, -0.2) is 26.4 Å². The van der Waals surface area contributed by atoms with Crippen LogP contribution in [0.5, 0.6) is 5.75 Å². The van der Waals surface area contributed by atoms with Crippen molar-refractivity contribution in [1.29, 1.82) is 0 Å². The molecule has 37 heavy (non-hydrogen) atoms. The maximum Gasteiger partial charge on any atom is 0.234 e. The highest BCUT2D eigenvalue weighted by atomic mass is 35.5. The second kappa shape index (κ2) is 11.4. The van der Waals surface area contributed by atoms with Crippen molar-refractivity contribution in [2.75, 3.05) is 11.1 Å². The van der Waals surface area contributed by atoms with Crippen molar-refractivity contribution >= 4 is 58.2 Å². The first-order valence-electron chi connectivity index (χ1n) is 12.2. The summed E-state index contributed by atoms with van der Waals surface area (Å²) in [7, 11) is 0. The SMILES string of the molecule is CC(C1CC2CCC1C2)n1c(COc2ccccc2F)nnc1SCC(=O)Nc1c(Cl)cc(Cl)cc1Cl. The van der Waals surface area contributed by atoms with Gasteiger partial charge in [-0.15, -0.1) is 10.2 Å². The number of nitrogens with one attached hydrogen (secondary N) is 1. The lowest BCUT2D eigenvalue weighted by molar-refractivity contribution is -0.113. The van der Waals surface area contributed by atoms with Crippen molar-refractivity contribution in [2.24, 2.45) is 17.8 Å². The monoisotopic (exact) mass is 582 g/mol. The molecule has 6 nitrogen and oxygen atoms in total. The summed E-state index contributed by atoms with van der Waals surface area (Å²) in [4.78, 5) is 12.8. The van der Waals surface area contributed by atoms with Gasteiger partial charge in [0.1, 0.15) is 6.61 Å². The van der Waals surface area contributed by atoms with Crippen LogP contribution in [0.4, 0.5) is 10.1 Å². The molecule has 1 N–H and O–H groups in total. The molecule has 4 atom stereocenters. The second-order valence-electron chi connectivity index (χ2n) is 9.65. The van der Waals surface area contributed by atoms with E-state index in [2.05, 4.69) is 27.0 Å². The molecule has 0 saturated heterocycles. The number of amides is 1. The Hall–Kier alpha value is -2.00. The number of halogens is 4. The van der Waals surface area contributed by atoms with Gasteiger partial charge in [0.15, 0.2) is 22.5 Å². The summed E-state index contributed by atoms with van der Waals surface area (Å²) < 4.78 is 22.0. The lowest BCUT2D eigenvalue weighted by Crippen LogP contribution is -2.25. The van der Waals surface area contributed by atoms with Crippen LogP contribution in [0.3, 0.4) is 0 Å². The van der Waals surface area contributed by atoms with Crippen LogP contribution < -0.4 is 10.1 Å². The Morgan fingerprint density at radius 2 is 1.95 bits per heavy atom. The van der Waals surface area contributed by atoms with Gasteiger partial charge in [-0.25, -0.2) is 4.39 Å². The Balaban J connectivity index is 1.33. The number of ether oxygens (including phenoxy) is 1. The molecular weight excluding hydrogens is 558 g/mol. The Kier molecular flexibility index (Phi) is 8.19. The highest BCUT2D eigenvalue weighted by molar-refractivity contribution is 7.99. The number of thioether (sulfide) groups is 1. The lowest BCUT2D eigenvalue weighted by atomic mass is 9.84. The van der Waals surface area contributed by atoms with Crippen LogP contribution in [0.15, 0.2) is 41.6 Å². The minimum Gasteiger partial charge on any atom is -0.483 e. The van der Waals surface area contributed by atoms with E-state index >= 15 is 0 Å². The van der Waals surface area contributed by atoms with Crippen LogP contribution in [-0.2, 0) is 11.4 Å². The van der Waals surface area contributed by atoms with E-state index in [1.807, 2.05) is 0 Å². The summed E-state index contributed by atoms with van der Waals surface area (Å²) in [6, 6.07) is 9.45. The zero-order valence-corrected chi connectivity index (χ0v) is 23.2. The summed E-state index contributed by atoms with van der Waals surface area (Å²) >= 11 is 19.7. The number of carbonyl (C=O) groups excluding carboxylic acids is 1. The summed E-state index contributed by atoms with van der Waals surface area (Å²) in [6.45, 7) is 2.25. The Labute approximate surface area is 234 Å². The van der Waals surface area contributed by atoms with Crippen molar-refractivity contribution in [3.05, 3.63) is 63.1 Å². The number of nitrogens with zero attached hydrogens (tertiary/aromatic N) is 3. The summed E-state index contributed by atoms with van der Waals surface area (Å²) in [5, 5.41) is 13.0. The molecule has 2 aliphatic rings. The largest absolute Gasteiger partial charge is 0.483 e.